The Morgan fingerprint density at radius 2 is 2.00 bits per heavy atom. The topological polar surface area (TPSA) is 117 Å². The fourth-order valence-corrected chi connectivity index (χ4v) is 5.60. The van der Waals surface area contributed by atoms with E-state index < -0.39 is 23.3 Å². The zero-order valence-corrected chi connectivity index (χ0v) is 21.3. The van der Waals surface area contributed by atoms with E-state index in [-0.39, 0.29) is 30.3 Å². The fourth-order valence-electron chi connectivity index (χ4n) is 5.60. The second kappa shape index (κ2) is 9.19. The van der Waals surface area contributed by atoms with Crippen molar-refractivity contribution in [3.8, 4) is 11.8 Å². The van der Waals surface area contributed by atoms with Crippen LogP contribution in [0.25, 0.3) is 21.9 Å². The highest BCUT2D eigenvalue weighted by molar-refractivity contribution is 5.92. The quantitative estimate of drug-likeness (QED) is 0.281. The van der Waals surface area contributed by atoms with Crippen molar-refractivity contribution in [3.63, 3.8) is 0 Å². The molecular formula is C28H28N6O4. The Morgan fingerprint density at radius 1 is 1.18 bits per heavy atom. The van der Waals surface area contributed by atoms with Crippen LogP contribution in [-0.4, -0.2) is 50.9 Å². The van der Waals surface area contributed by atoms with Crippen molar-refractivity contribution in [1.82, 2.24) is 18.7 Å². The fraction of sp³-hybridized carbons (Fsp3) is 0.357. The molecule has 0 amide bonds. The highest BCUT2D eigenvalue weighted by atomic mass is 16.5. The van der Waals surface area contributed by atoms with Crippen molar-refractivity contribution in [3.05, 3.63) is 68.4 Å². The summed E-state index contributed by atoms with van der Waals surface area (Å²) in [4.78, 5) is 47.3. The highest BCUT2D eigenvalue weighted by Crippen LogP contribution is 2.47. The second-order valence-electron chi connectivity index (χ2n) is 9.76. The van der Waals surface area contributed by atoms with Crippen molar-refractivity contribution >= 4 is 33.9 Å². The molecule has 0 radical (unpaired) electrons. The van der Waals surface area contributed by atoms with Crippen LogP contribution >= 0.6 is 0 Å². The number of ether oxygens (including phenoxy) is 1. The van der Waals surface area contributed by atoms with Crippen LogP contribution in [0.15, 0.2) is 46.0 Å². The van der Waals surface area contributed by atoms with E-state index in [1.54, 1.807) is 11.5 Å². The lowest BCUT2D eigenvalue weighted by atomic mass is 10.1. The number of piperidine rings is 1. The van der Waals surface area contributed by atoms with Gasteiger partial charge in [0.25, 0.3) is 5.56 Å². The van der Waals surface area contributed by atoms with Crippen LogP contribution in [0.3, 0.4) is 0 Å². The maximum atomic E-state index is 14.2. The molecule has 1 aliphatic heterocycles. The molecule has 2 aromatic carbocycles. The van der Waals surface area contributed by atoms with Gasteiger partial charge in [0, 0.05) is 19.1 Å². The Hall–Kier alpha value is -4.36. The van der Waals surface area contributed by atoms with E-state index in [2.05, 4.69) is 11.8 Å². The number of benzene rings is 2. The lowest BCUT2D eigenvalue weighted by Gasteiger charge is -2.31. The predicted octanol–water partition coefficient (Wildman–Crippen LogP) is 1.59. The van der Waals surface area contributed by atoms with E-state index in [9.17, 15) is 14.4 Å². The number of hydrogen-bond acceptors (Lipinski definition) is 7. The molecule has 1 fully saturated rings. The number of esters is 1. The monoisotopic (exact) mass is 512 g/mol. The van der Waals surface area contributed by atoms with Gasteiger partial charge in [-0.1, -0.05) is 42.3 Å². The molecule has 2 N–H and O–H groups in total. The van der Waals surface area contributed by atoms with Gasteiger partial charge in [0.2, 0.25) is 5.95 Å². The number of nitrogens with two attached hydrogens (primary N) is 1. The molecule has 2 aromatic heterocycles. The number of carbonyl (C=O) groups excluding carboxylic acids is 1. The van der Waals surface area contributed by atoms with Crippen molar-refractivity contribution in [1.29, 1.82) is 0 Å². The van der Waals surface area contributed by atoms with Crippen molar-refractivity contribution in [2.24, 2.45) is 5.73 Å². The zero-order chi connectivity index (χ0) is 26.6. The zero-order valence-electron chi connectivity index (χ0n) is 21.3. The summed E-state index contributed by atoms with van der Waals surface area (Å²) in [5.41, 5.74) is 7.40. The van der Waals surface area contributed by atoms with Crippen LogP contribution in [0.5, 0.6) is 0 Å². The number of hydrogen-bond donors (Lipinski definition) is 1. The minimum Gasteiger partial charge on any atom is -0.468 e. The van der Waals surface area contributed by atoms with E-state index in [4.69, 9.17) is 15.5 Å². The number of rotatable bonds is 5. The third-order valence-electron chi connectivity index (χ3n) is 7.46. The molecule has 2 aliphatic rings. The summed E-state index contributed by atoms with van der Waals surface area (Å²) in [6, 6.07) is 11.3. The minimum absolute atomic E-state index is 0.0302. The van der Waals surface area contributed by atoms with Gasteiger partial charge in [-0.2, -0.15) is 4.98 Å². The first-order valence-electron chi connectivity index (χ1n) is 12.7. The van der Waals surface area contributed by atoms with Gasteiger partial charge in [-0.05, 0) is 41.7 Å². The Labute approximate surface area is 218 Å². The smallest absolute Gasteiger partial charge is 0.334 e. The summed E-state index contributed by atoms with van der Waals surface area (Å²) in [6.07, 6.45) is 1.78. The summed E-state index contributed by atoms with van der Waals surface area (Å²) in [6.45, 7) is 2.85. The van der Waals surface area contributed by atoms with E-state index in [0.717, 1.165) is 34.7 Å². The normalized spacial score (nSPS) is 18.2. The maximum absolute atomic E-state index is 14.2. The van der Waals surface area contributed by atoms with E-state index in [1.807, 2.05) is 41.3 Å². The Morgan fingerprint density at radius 3 is 2.76 bits per heavy atom. The van der Waals surface area contributed by atoms with Gasteiger partial charge in [0.05, 0.1) is 19.7 Å². The van der Waals surface area contributed by atoms with Gasteiger partial charge < -0.3 is 15.4 Å². The average Bonchev–Trinajstić information content (AvgIpc) is 3.52. The summed E-state index contributed by atoms with van der Waals surface area (Å²) < 4.78 is 9.12. The van der Waals surface area contributed by atoms with Gasteiger partial charge in [-0.3, -0.25) is 18.7 Å². The third-order valence-corrected chi connectivity index (χ3v) is 7.46. The number of carbonyl (C=O) groups is 1. The molecule has 194 valence electrons. The molecule has 10 heteroatoms. The molecule has 6 rings (SSSR count). The van der Waals surface area contributed by atoms with Crippen molar-refractivity contribution < 1.29 is 9.53 Å². The first-order valence-corrected chi connectivity index (χ1v) is 12.7. The predicted molar refractivity (Wildman–Crippen MR) is 144 cm³/mol. The largest absolute Gasteiger partial charge is 0.468 e. The summed E-state index contributed by atoms with van der Waals surface area (Å²) in [5, 5.41) is 2.03. The summed E-state index contributed by atoms with van der Waals surface area (Å²) >= 11 is 0. The Balaban J connectivity index is 1.63. The SMILES string of the molecule is CC#CCn1c(N2CCCC(N)C2)nc2c1c(=O)n(C1c3ccc4ccccc4c31)c(=O)n2CC(=O)OC. The van der Waals surface area contributed by atoms with Crippen molar-refractivity contribution in [2.45, 2.75) is 44.9 Å². The molecule has 0 saturated carbocycles. The van der Waals surface area contributed by atoms with Gasteiger partial charge in [0.15, 0.2) is 11.2 Å². The summed E-state index contributed by atoms with van der Waals surface area (Å²) in [7, 11) is 1.26. The molecule has 1 saturated heterocycles. The van der Waals surface area contributed by atoms with E-state index >= 15 is 0 Å². The Kier molecular flexibility index (Phi) is 5.80. The highest BCUT2D eigenvalue weighted by Gasteiger charge is 2.40. The number of imidazole rings is 1. The molecule has 38 heavy (non-hydrogen) atoms. The van der Waals surface area contributed by atoms with Crippen LogP contribution in [0, 0.1) is 11.8 Å². The molecule has 10 nitrogen and oxygen atoms in total. The number of nitrogens with zero attached hydrogens (tertiary/aromatic N) is 5. The molecular weight excluding hydrogens is 484 g/mol. The molecule has 2 atom stereocenters. The number of methoxy groups -OCH3 is 1. The van der Waals surface area contributed by atoms with E-state index in [1.165, 1.54) is 16.2 Å². The number of aromatic nitrogens is 4. The second-order valence-corrected chi connectivity index (χ2v) is 9.76. The average molecular weight is 513 g/mol. The lowest BCUT2D eigenvalue weighted by Crippen LogP contribution is -2.44. The lowest BCUT2D eigenvalue weighted by molar-refractivity contribution is -0.141. The van der Waals surface area contributed by atoms with Crippen LogP contribution in [-0.2, 0) is 22.6 Å². The van der Waals surface area contributed by atoms with Gasteiger partial charge >= 0.3 is 11.7 Å². The van der Waals surface area contributed by atoms with Crippen LogP contribution in [0.2, 0.25) is 0 Å². The van der Waals surface area contributed by atoms with Crippen LogP contribution in [0.4, 0.5) is 5.95 Å². The Bertz CT molecular complexity index is 1790. The maximum Gasteiger partial charge on any atom is 0.334 e. The standard InChI is InChI=1S/C28H28N6O4/c1-3-4-14-32-24-25(30-27(32)31-13-7-9-18(29)15-31)33(16-21(35)38-2)28(37)34(26(24)36)23-20-12-11-17-8-5-6-10-19(17)22(20)23/h5-6,8,10-12,18,23H,7,9,13-16,29H2,1-2H3. The molecule has 0 spiro atoms. The first-order chi connectivity index (χ1) is 18.4. The van der Waals surface area contributed by atoms with Gasteiger partial charge in [0.1, 0.15) is 6.54 Å². The van der Waals surface area contributed by atoms with Gasteiger partial charge in [-0.15, -0.1) is 5.92 Å². The minimum atomic E-state index is -0.609. The van der Waals surface area contributed by atoms with Crippen molar-refractivity contribution in [2.75, 3.05) is 25.1 Å². The van der Waals surface area contributed by atoms with Crippen LogP contribution in [0.1, 0.15) is 36.9 Å². The molecule has 0 bridgehead atoms. The van der Waals surface area contributed by atoms with Gasteiger partial charge in [-0.25, -0.2) is 9.36 Å². The molecule has 4 aromatic rings. The van der Waals surface area contributed by atoms with E-state index in [0.29, 0.717) is 19.0 Å². The number of anilines is 1. The first kappa shape index (κ1) is 24.0. The number of fused-ring (bicyclic) bond motifs is 4. The van der Waals surface area contributed by atoms with Crippen LogP contribution < -0.4 is 21.9 Å². The summed E-state index contributed by atoms with van der Waals surface area (Å²) in [5.74, 6) is 5.84. The molecule has 1 aliphatic carbocycles. The molecule has 3 heterocycles. The third kappa shape index (κ3) is 3.70. The molecule has 2 unspecified atom stereocenters.